The Hall–Kier alpha value is -2.50. The second-order valence-corrected chi connectivity index (χ2v) is 5.57. The molecule has 6 heteroatoms. The Morgan fingerprint density at radius 3 is 2.42 bits per heavy atom. The van der Waals surface area contributed by atoms with Crippen molar-refractivity contribution in [3.05, 3.63) is 59.2 Å². The predicted octanol–water partition coefficient (Wildman–Crippen LogP) is 4.73. The molecule has 0 radical (unpaired) electrons. The third kappa shape index (κ3) is 4.50. The van der Waals surface area contributed by atoms with Crippen molar-refractivity contribution in [2.24, 2.45) is 0 Å². The number of carbonyl (C=O) groups excluding carboxylic acids is 1. The smallest absolute Gasteiger partial charge is 0.416 e. The van der Waals surface area contributed by atoms with Crippen LogP contribution in [0.25, 0.3) is 0 Å². The lowest BCUT2D eigenvalue weighted by Crippen LogP contribution is -2.30. The Balaban J connectivity index is 2.05. The number of alkyl halides is 3. The van der Waals surface area contributed by atoms with Crippen LogP contribution in [0, 0.1) is 13.8 Å². The maximum Gasteiger partial charge on any atom is 0.416 e. The summed E-state index contributed by atoms with van der Waals surface area (Å²) in [5.74, 6) is 0.0114. The van der Waals surface area contributed by atoms with Crippen LogP contribution < -0.4 is 10.1 Å². The number of ether oxygens (including phenoxy) is 1. The molecule has 1 N–H and O–H groups in total. The van der Waals surface area contributed by atoms with E-state index in [0.29, 0.717) is 5.75 Å². The summed E-state index contributed by atoms with van der Waals surface area (Å²) >= 11 is 0. The number of hydrogen-bond acceptors (Lipinski definition) is 2. The van der Waals surface area contributed by atoms with Crippen LogP contribution in [0.5, 0.6) is 5.75 Å². The number of carbonyl (C=O) groups is 1. The first kappa shape index (κ1) is 17.8. The molecule has 0 fully saturated rings. The number of hydrogen-bond donors (Lipinski definition) is 1. The van der Waals surface area contributed by atoms with Crippen LogP contribution in [0.3, 0.4) is 0 Å². The van der Waals surface area contributed by atoms with Gasteiger partial charge in [0.1, 0.15) is 5.75 Å². The van der Waals surface area contributed by atoms with Crippen molar-refractivity contribution in [3.63, 3.8) is 0 Å². The standard InChI is InChI=1S/C18H18F3NO2/c1-11-7-8-16(9-12(11)2)24-13(3)17(23)22-15-6-4-5-14(10-15)18(19,20)21/h4-10,13H,1-3H3,(H,22,23)/t13-/m0/s1. The van der Waals surface area contributed by atoms with E-state index in [1.54, 1.807) is 6.07 Å². The molecule has 0 aliphatic heterocycles. The van der Waals surface area contributed by atoms with Crippen LogP contribution in [-0.4, -0.2) is 12.0 Å². The Bertz CT molecular complexity index is 741. The van der Waals surface area contributed by atoms with Gasteiger partial charge in [-0.2, -0.15) is 13.2 Å². The molecule has 1 atom stereocenters. The van der Waals surface area contributed by atoms with Crippen molar-refractivity contribution >= 4 is 11.6 Å². The van der Waals surface area contributed by atoms with Gasteiger partial charge in [-0.3, -0.25) is 4.79 Å². The Morgan fingerprint density at radius 2 is 1.79 bits per heavy atom. The molecule has 1 amide bonds. The van der Waals surface area contributed by atoms with E-state index in [1.165, 1.54) is 19.1 Å². The second-order valence-electron chi connectivity index (χ2n) is 5.57. The molecular formula is C18H18F3NO2. The summed E-state index contributed by atoms with van der Waals surface area (Å²) in [7, 11) is 0. The van der Waals surface area contributed by atoms with Crippen LogP contribution in [-0.2, 0) is 11.0 Å². The van der Waals surface area contributed by atoms with E-state index in [-0.39, 0.29) is 5.69 Å². The third-order valence-electron chi connectivity index (χ3n) is 3.62. The highest BCUT2D eigenvalue weighted by atomic mass is 19.4. The molecule has 3 nitrogen and oxygen atoms in total. The largest absolute Gasteiger partial charge is 0.481 e. The first-order valence-electron chi connectivity index (χ1n) is 7.39. The van der Waals surface area contributed by atoms with E-state index in [0.717, 1.165) is 23.3 Å². The van der Waals surface area contributed by atoms with Gasteiger partial charge in [0.2, 0.25) is 0 Å². The molecule has 2 rings (SSSR count). The number of nitrogens with one attached hydrogen (secondary N) is 1. The van der Waals surface area contributed by atoms with Crippen molar-refractivity contribution in [1.82, 2.24) is 0 Å². The minimum absolute atomic E-state index is 0.0744. The fourth-order valence-corrected chi connectivity index (χ4v) is 2.06. The summed E-state index contributed by atoms with van der Waals surface area (Å²) in [6, 6.07) is 9.91. The fourth-order valence-electron chi connectivity index (χ4n) is 2.06. The Labute approximate surface area is 138 Å². The molecular weight excluding hydrogens is 319 g/mol. The Kier molecular flexibility index (Phi) is 5.17. The van der Waals surface area contributed by atoms with Crippen LogP contribution in [0.4, 0.5) is 18.9 Å². The monoisotopic (exact) mass is 337 g/mol. The maximum absolute atomic E-state index is 12.7. The zero-order valence-electron chi connectivity index (χ0n) is 13.6. The number of anilines is 1. The highest BCUT2D eigenvalue weighted by molar-refractivity contribution is 5.94. The van der Waals surface area contributed by atoms with Gasteiger partial charge in [0.05, 0.1) is 5.56 Å². The van der Waals surface area contributed by atoms with E-state index >= 15 is 0 Å². The number of aryl methyl sites for hydroxylation is 2. The maximum atomic E-state index is 12.7. The first-order valence-corrected chi connectivity index (χ1v) is 7.39. The summed E-state index contributed by atoms with van der Waals surface area (Å²) in [4.78, 5) is 12.1. The van der Waals surface area contributed by atoms with Crippen LogP contribution in [0.1, 0.15) is 23.6 Å². The lowest BCUT2D eigenvalue weighted by Gasteiger charge is -2.16. The van der Waals surface area contributed by atoms with Gasteiger partial charge >= 0.3 is 6.18 Å². The van der Waals surface area contributed by atoms with E-state index in [1.807, 2.05) is 26.0 Å². The summed E-state index contributed by atoms with van der Waals surface area (Å²) in [6.07, 6.45) is -5.30. The summed E-state index contributed by atoms with van der Waals surface area (Å²) in [5.41, 5.74) is 1.38. The summed E-state index contributed by atoms with van der Waals surface area (Å²) < 4.78 is 43.6. The zero-order chi connectivity index (χ0) is 17.9. The molecule has 0 spiro atoms. The van der Waals surface area contributed by atoms with Gasteiger partial charge in [0.25, 0.3) is 5.91 Å². The van der Waals surface area contributed by atoms with Crippen molar-refractivity contribution in [1.29, 1.82) is 0 Å². The Morgan fingerprint density at radius 1 is 1.08 bits per heavy atom. The molecule has 0 saturated heterocycles. The van der Waals surface area contributed by atoms with Gasteiger partial charge in [-0.1, -0.05) is 12.1 Å². The predicted molar refractivity (Wildman–Crippen MR) is 86.1 cm³/mol. The van der Waals surface area contributed by atoms with Crippen molar-refractivity contribution < 1.29 is 22.7 Å². The average Bonchev–Trinajstić information content (AvgIpc) is 2.50. The first-order chi connectivity index (χ1) is 11.2. The molecule has 0 saturated carbocycles. The molecule has 24 heavy (non-hydrogen) atoms. The number of rotatable bonds is 4. The van der Waals surface area contributed by atoms with E-state index in [9.17, 15) is 18.0 Å². The zero-order valence-corrected chi connectivity index (χ0v) is 13.6. The molecule has 128 valence electrons. The number of benzene rings is 2. The molecule has 0 heterocycles. The lowest BCUT2D eigenvalue weighted by molar-refractivity contribution is -0.137. The van der Waals surface area contributed by atoms with E-state index < -0.39 is 23.8 Å². The van der Waals surface area contributed by atoms with Gasteiger partial charge in [0, 0.05) is 5.69 Å². The van der Waals surface area contributed by atoms with E-state index in [2.05, 4.69) is 5.32 Å². The molecule has 0 unspecified atom stereocenters. The third-order valence-corrected chi connectivity index (χ3v) is 3.62. The summed E-state index contributed by atoms with van der Waals surface area (Å²) in [6.45, 7) is 5.43. The van der Waals surface area contributed by atoms with Crippen molar-refractivity contribution in [2.75, 3.05) is 5.32 Å². The van der Waals surface area contributed by atoms with Gasteiger partial charge in [0.15, 0.2) is 6.10 Å². The van der Waals surface area contributed by atoms with Gasteiger partial charge in [-0.25, -0.2) is 0 Å². The molecule has 0 bridgehead atoms. The minimum atomic E-state index is -4.46. The van der Waals surface area contributed by atoms with Gasteiger partial charge < -0.3 is 10.1 Å². The number of amides is 1. The van der Waals surface area contributed by atoms with Gasteiger partial charge in [-0.05, 0) is 62.2 Å². The fraction of sp³-hybridized carbons (Fsp3) is 0.278. The number of halogens is 3. The van der Waals surface area contributed by atoms with Crippen molar-refractivity contribution in [3.8, 4) is 5.75 Å². The van der Waals surface area contributed by atoms with Crippen LogP contribution >= 0.6 is 0 Å². The van der Waals surface area contributed by atoms with Gasteiger partial charge in [-0.15, -0.1) is 0 Å². The normalized spacial score (nSPS) is 12.6. The molecule has 2 aromatic rings. The average molecular weight is 337 g/mol. The quantitative estimate of drug-likeness (QED) is 0.876. The molecule has 0 aliphatic rings. The van der Waals surface area contributed by atoms with E-state index in [4.69, 9.17) is 4.74 Å². The second kappa shape index (κ2) is 6.95. The highest BCUT2D eigenvalue weighted by Crippen LogP contribution is 2.30. The SMILES string of the molecule is Cc1ccc(O[C@@H](C)C(=O)Nc2cccc(C(F)(F)F)c2)cc1C. The molecule has 0 aliphatic carbocycles. The van der Waals surface area contributed by atoms with Crippen LogP contribution in [0.2, 0.25) is 0 Å². The molecule has 0 aromatic heterocycles. The minimum Gasteiger partial charge on any atom is -0.481 e. The lowest BCUT2D eigenvalue weighted by atomic mass is 10.1. The van der Waals surface area contributed by atoms with Crippen LogP contribution in [0.15, 0.2) is 42.5 Å². The summed E-state index contributed by atoms with van der Waals surface area (Å²) in [5, 5.41) is 2.44. The highest BCUT2D eigenvalue weighted by Gasteiger charge is 2.30. The molecule has 2 aromatic carbocycles. The van der Waals surface area contributed by atoms with Crippen molar-refractivity contribution in [2.45, 2.75) is 33.1 Å². The topological polar surface area (TPSA) is 38.3 Å².